The van der Waals surface area contributed by atoms with Crippen molar-refractivity contribution in [2.45, 2.75) is 90.5 Å². The zero-order chi connectivity index (χ0) is 34.1. The number of rotatable bonds is 8. The van der Waals surface area contributed by atoms with Crippen LogP contribution in [0.4, 0.5) is 10.5 Å². The van der Waals surface area contributed by atoms with Gasteiger partial charge >= 0.3 is 6.03 Å². The SMILES string of the molecule is COc1cc(C(=O)N2[C@H]3CC[C@@H]2[C@H](N)C3)cc2nc(-c3cc4ccc([C@@H](C)NC(=O)Nc5c(C)cccc5C)nc4n3CC3CC3)c(C)n12. The molecule has 4 N–H and O–H groups in total. The number of imidazole rings is 1. The van der Waals surface area contributed by atoms with E-state index in [0.29, 0.717) is 23.0 Å². The lowest BCUT2D eigenvalue weighted by molar-refractivity contribution is 0.0726. The van der Waals surface area contributed by atoms with E-state index < -0.39 is 0 Å². The van der Waals surface area contributed by atoms with Gasteiger partial charge in [0, 0.05) is 47.4 Å². The summed E-state index contributed by atoms with van der Waals surface area (Å²) in [6, 6.07) is 15.6. The molecular formula is C38H44N8O3. The van der Waals surface area contributed by atoms with Crippen molar-refractivity contribution < 1.29 is 14.3 Å². The molecule has 1 saturated carbocycles. The summed E-state index contributed by atoms with van der Waals surface area (Å²) < 4.78 is 10.1. The van der Waals surface area contributed by atoms with E-state index >= 15 is 0 Å². The quantitative estimate of drug-likeness (QED) is 0.180. The summed E-state index contributed by atoms with van der Waals surface area (Å²) in [5, 5.41) is 7.10. The smallest absolute Gasteiger partial charge is 0.319 e. The van der Waals surface area contributed by atoms with Gasteiger partial charge in [0.15, 0.2) is 5.88 Å². The Bertz CT molecular complexity index is 2110. The number of benzene rings is 1. The average Bonchev–Trinajstić information content (AvgIpc) is 3.40. The Morgan fingerprint density at radius 2 is 1.80 bits per heavy atom. The molecule has 11 heteroatoms. The highest BCUT2D eigenvalue weighted by atomic mass is 16.5. The van der Waals surface area contributed by atoms with E-state index in [4.69, 9.17) is 20.4 Å². The van der Waals surface area contributed by atoms with Crippen LogP contribution in [-0.4, -0.2) is 61.0 Å². The highest BCUT2D eigenvalue weighted by Gasteiger charge is 2.47. The Balaban J connectivity index is 1.14. The molecule has 0 radical (unpaired) electrons. The minimum atomic E-state index is -0.320. The summed E-state index contributed by atoms with van der Waals surface area (Å²) in [5.41, 5.74) is 14.8. The molecule has 4 atom stereocenters. The minimum absolute atomic E-state index is 0.00604. The molecule has 8 rings (SSSR count). The van der Waals surface area contributed by atoms with Gasteiger partial charge in [-0.25, -0.2) is 14.8 Å². The summed E-state index contributed by atoms with van der Waals surface area (Å²) in [7, 11) is 1.63. The largest absolute Gasteiger partial charge is 0.482 e. The molecule has 4 aromatic heterocycles. The number of nitrogens with two attached hydrogens (primary N) is 1. The number of fused-ring (bicyclic) bond motifs is 4. The van der Waals surface area contributed by atoms with Crippen molar-refractivity contribution in [3.05, 3.63) is 76.6 Å². The number of methoxy groups -OCH3 is 1. The number of nitrogens with zero attached hydrogens (tertiary/aromatic N) is 5. The van der Waals surface area contributed by atoms with Gasteiger partial charge in [0.2, 0.25) is 0 Å². The Morgan fingerprint density at radius 1 is 1.02 bits per heavy atom. The molecule has 2 saturated heterocycles. The molecule has 49 heavy (non-hydrogen) atoms. The average molecular weight is 661 g/mol. The number of hydrogen-bond donors (Lipinski definition) is 3. The van der Waals surface area contributed by atoms with Gasteiger partial charge in [-0.15, -0.1) is 0 Å². The zero-order valence-corrected chi connectivity index (χ0v) is 28.8. The van der Waals surface area contributed by atoms with E-state index in [1.165, 1.54) is 12.8 Å². The normalized spacial score (nSPS) is 20.7. The molecule has 254 valence electrons. The van der Waals surface area contributed by atoms with Crippen molar-refractivity contribution in [1.82, 2.24) is 29.2 Å². The van der Waals surface area contributed by atoms with Crippen LogP contribution < -0.4 is 21.1 Å². The lowest BCUT2D eigenvalue weighted by Gasteiger charge is -2.23. The predicted octanol–water partition coefficient (Wildman–Crippen LogP) is 6.28. The fourth-order valence-corrected chi connectivity index (χ4v) is 8.05. The van der Waals surface area contributed by atoms with Gasteiger partial charge in [-0.1, -0.05) is 18.2 Å². The molecule has 0 spiro atoms. The third-order valence-corrected chi connectivity index (χ3v) is 10.8. The number of ether oxygens (including phenoxy) is 1. The molecule has 3 aliphatic rings. The predicted molar refractivity (Wildman–Crippen MR) is 190 cm³/mol. The third kappa shape index (κ3) is 5.40. The van der Waals surface area contributed by atoms with Crippen molar-refractivity contribution in [2.75, 3.05) is 12.4 Å². The number of pyridine rings is 2. The standard InChI is InChI=1S/C38H44N8O3/c1-20-7-6-8-21(2)34(20)43-38(48)40-22(3)29-13-11-25-15-31(44(36(25)41-29)19-24-9-10-24)35-23(4)45-32(42-35)16-26(17-33(45)49-5)37(47)46-27-12-14-30(46)28(39)18-27/h6-8,11,13,15-17,22,24,27-28,30H,9-10,12,14,18-19,39H2,1-5H3,(H2,40,43,48)/t22-,27+,28-,30-/m1/s1. The molecule has 3 fully saturated rings. The topological polar surface area (TPSA) is 132 Å². The summed E-state index contributed by atoms with van der Waals surface area (Å²) in [5.74, 6) is 1.14. The van der Waals surface area contributed by atoms with Gasteiger partial charge in [0.05, 0.1) is 30.2 Å². The third-order valence-electron chi connectivity index (χ3n) is 10.8. The van der Waals surface area contributed by atoms with Crippen molar-refractivity contribution in [3.8, 4) is 17.3 Å². The highest BCUT2D eigenvalue weighted by molar-refractivity contribution is 5.97. The van der Waals surface area contributed by atoms with Crippen molar-refractivity contribution in [1.29, 1.82) is 0 Å². The summed E-state index contributed by atoms with van der Waals surface area (Å²) in [6.07, 6.45) is 5.19. The van der Waals surface area contributed by atoms with Crippen LogP contribution in [0.15, 0.2) is 48.5 Å². The first-order valence-electron chi connectivity index (χ1n) is 17.4. The van der Waals surface area contributed by atoms with Crippen molar-refractivity contribution >= 4 is 34.3 Å². The van der Waals surface area contributed by atoms with Crippen LogP contribution in [0.1, 0.15) is 77.9 Å². The number of carbonyl (C=O) groups excluding carboxylic acids is 2. The molecule has 3 amide bonds. The van der Waals surface area contributed by atoms with Crippen LogP contribution in [0.3, 0.4) is 0 Å². The summed E-state index contributed by atoms with van der Waals surface area (Å²) in [6.45, 7) is 8.79. The molecule has 1 aromatic carbocycles. The number of urea groups is 1. The molecule has 11 nitrogen and oxygen atoms in total. The van der Waals surface area contributed by atoms with E-state index in [9.17, 15) is 9.59 Å². The van der Waals surface area contributed by atoms with E-state index in [1.54, 1.807) is 7.11 Å². The maximum Gasteiger partial charge on any atom is 0.319 e. The second kappa shape index (κ2) is 11.9. The number of aromatic nitrogens is 4. The van der Waals surface area contributed by atoms with Crippen molar-refractivity contribution in [2.24, 2.45) is 11.7 Å². The van der Waals surface area contributed by atoms with E-state index in [0.717, 1.165) is 76.4 Å². The fourth-order valence-electron chi connectivity index (χ4n) is 8.05. The van der Waals surface area contributed by atoms with E-state index in [2.05, 4.69) is 27.3 Å². The Hall–Kier alpha value is -4.90. The molecule has 1 aliphatic carbocycles. The van der Waals surface area contributed by atoms with Crippen LogP contribution in [0.5, 0.6) is 5.88 Å². The van der Waals surface area contributed by atoms with E-state index in [1.807, 2.05) is 73.4 Å². The summed E-state index contributed by atoms with van der Waals surface area (Å²) in [4.78, 5) is 39.1. The lowest BCUT2D eigenvalue weighted by atomic mass is 9.97. The first-order chi connectivity index (χ1) is 23.6. The van der Waals surface area contributed by atoms with Gasteiger partial charge < -0.3 is 30.6 Å². The molecule has 2 aliphatic heterocycles. The first-order valence-corrected chi connectivity index (χ1v) is 17.4. The summed E-state index contributed by atoms with van der Waals surface area (Å²) >= 11 is 0. The van der Waals surface area contributed by atoms with Gasteiger partial charge in [0.1, 0.15) is 17.0 Å². The van der Waals surface area contributed by atoms with Crippen LogP contribution >= 0.6 is 0 Å². The number of aryl methyl sites for hydroxylation is 3. The second-order valence-electron chi connectivity index (χ2n) is 14.3. The fraction of sp³-hybridized carbons (Fsp3) is 0.421. The Labute approximate surface area is 285 Å². The van der Waals surface area contributed by atoms with Crippen LogP contribution in [0.2, 0.25) is 0 Å². The Kier molecular flexibility index (Phi) is 7.62. The van der Waals surface area contributed by atoms with Gasteiger partial charge in [0.25, 0.3) is 5.91 Å². The van der Waals surface area contributed by atoms with Gasteiger partial charge in [-0.2, -0.15) is 0 Å². The van der Waals surface area contributed by atoms with Crippen LogP contribution in [0, 0.1) is 26.7 Å². The number of nitrogens with one attached hydrogen (secondary N) is 2. The van der Waals surface area contributed by atoms with E-state index in [-0.39, 0.29) is 36.1 Å². The molecule has 6 heterocycles. The number of hydrogen-bond acceptors (Lipinski definition) is 6. The Morgan fingerprint density at radius 3 is 2.47 bits per heavy atom. The maximum absolute atomic E-state index is 13.8. The van der Waals surface area contributed by atoms with Crippen LogP contribution in [-0.2, 0) is 6.54 Å². The molecule has 0 unspecified atom stereocenters. The number of para-hydroxylation sites is 1. The molecular weight excluding hydrogens is 616 g/mol. The van der Waals surface area contributed by atoms with Crippen LogP contribution in [0.25, 0.3) is 28.1 Å². The monoisotopic (exact) mass is 660 g/mol. The zero-order valence-electron chi connectivity index (χ0n) is 28.8. The number of carbonyl (C=O) groups is 2. The van der Waals surface area contributed by atoms with Gasteiger partial charge in [-0.3, -0.25) is 9.20 Å². The maximum atomic E-state index is 13.8. The highest BCUT2D eigenvalue weighted by Crippen LogP contribution is 2.40. The van der Waals surface area contributed by atoms with Gasteiger partial charge in [-0.05, 0) is 101 Å². The van der Waals surface area contributed by atoms with Crippen molar-refractivity contribution in [3.63, 3.8) is 0 Å². The first kappa shape index (κ1) is 31.4. The number of amides is 3. The number of anilines is 1. The minimum Gasteiger partial charge on any atom is -0.482 e. The molecule has 2 bridgehead atoms. The second-order valence-corrected chi connectivity index (χ2v) is 14.3. The molecule has 5 aromatic rings. The lowest BCUT2D eigenvalue weighted by Crippen LogP contribution is -2.40.